The first-order valence-electron chi connectivity index (χ1n) is 9.24. The number of unbranched alkanes of at least 4 members (excludes halogenated alkanes) is 1. The van der Waals surface area contributed by atoms with E-state index in [9.17, 15) is 17.8 Å². The molecule has 28 heavy (non-hydrogen) atoms. The Labute approximate surface area is 166 Å². The highest BCUT2D eigenvalue weighted by Gasteiger charge is 2.16. The first-order valence-corrected chi connectivity index (χ1v) is 10.7. The third-order valence-corrected chi connectivity index (χ3v) is 5.29. The van der Waals surface area contributed by atoms with E-state index in [-0.39, 0.29) is 10.6 Å². The Kier molecular flexibility index (Phi) is 8.02. The van der Waals surface area contributed by atoms with Gasteiger partial charge in [0.2, 0.25) is 0 Å². The first kappa shape index (κ1) is 21.9. The van der Waals surface area contributed by atoms with Gasteiger partial charge in [-0.3, -0.25) is 9.35 Å². The number of carbonyl (C=O) groups excluding carboxylic acids is 1. The van der Waals surface area contributed by atoms with Crippen molar-refractivity contribution in [1.29, 1.82) is 0 Å². The summed E-state index contributed by atoms with van der Waals surface area (Å²) in [6.45, 7) is 2.70. The van der Waals surface area contributed by atoms with Gasteiger partial charge >= 0.3 is 0 Å². The van der Waals surface area contributed by atoms with Crippen molar-refractivity contribution in [2.45, 2.75) is 43.9 Å². The molecule has 0 aliphatic rings. The van der Waals surface area contributed by atoms with Crippen LogP contribution in [0.1, 0.15) is 47.7 Å². The van der Waals surface area contributed by atoms with Crippen molar-refractivity contribution in [3.05, 3.63) is 53.1 Å². The second-order valence-corrected chi connectivity index (χ2v) is 7.89. The largest absolute Gasteiger partial charge is 0.495 e. The first-order chi connectivity index (χ1) is 13.4. The zero-order chi connectivity index (χ0) is 20.6. The highest BCUT2D eigenvalue weighted by atomic mass is 32.2. The predicted octanol–water partition coefficient (Wildman–Crippen LogP) is 4.11. The molecule has 0 saturated heterocycles. The van der Waals surface area contributed by atoms with Crippen LogP contribution in [0.4, 0.5) is 0 Å². The zero-order valence-electron chi connectivity index (χ0n) is 16.2. The SMILES string of the molecule is CCCCOc1cc(C=O)ccc1CCCc1ccc(S(=O)(=O)O)c(OC)c1. The minimum absolute atomic E-state index is 0.124. The lowest BCUT2D eigenvalue weighted by Gasteiger charge is -2.12. The average Bonchev–Trinajstić information content (AvgIpc) is 2.68. The molecule has 2 aromatic carbocycles. The fourth-order valence-corrected chi connectivity index (χ4v) is 3.51. The van der Waals surface area contributed by atoms with Gasteiger partial charge in [-0.2, -0.15) is 8.42 Å². The van der Waals surface area contributed by atoms with Gasteiger partial charge in [-0.25, -0.2) is 0 Å². The molecule has 0 fully saturated rings. The molecule has 0 amide bonds. The minimum Gasteiger partial charge on any atom is -0.495 e. The molecule has 152 valence electrons. The number of rotatable bonds is 11. The number of hydrogen-bond acceptors (Lipinski definition) is 5. The van der Waals surface area contributed by atoms with Crippen LogP contribution in [-0.2, 0) is 23.0 Å². The molecule has 0 atom stereocenters. The molecule has 0 aliphatic heterocycles. The third kappa shape index (κ3) is 6.07. The molecule has 0 aromatic heterocycles. The van der Waals surface area contributed by atoms with Gasteiger partial charge in [0.15, 0.2) is 0 Å². The summed E-state index contributed by atoms with van der Waals surface area (Å²) in [6, 6.07) is 10.1. The van der Waals surface area contributed by atoms with Gasteiger partial charge in [0.25, 0.3) is 10.1 Å². The Morgan fingerprint density at radius 2 is 1.82 bits per heavy atom. The highest BCUT2D eigenvalue weighted by Crippen LogP contribution is 2.26. The normalized spacial score (nSPS) is 11.2. The monoisotopic (exact) mass is 406 g/mol. The second kappa shape index (κ2) is 10.2. The van der Waals surface area contributed by atoms with Crippen LogP contribution in [0.2, 0.25) is 0 Å². The molecule has 0 spiro atoms. The van der Waals surface area contributed by atoms with E-state index < -0.39 is 10.1 Å². The van der Waals surface area contributed by atoms with E-state index in [2.05, 4.69) is 6.92 Å². The fraction of sp³-hybridized carbons (Fsp3) is 0.381. The Morgan fingerprint density at radius 3 is 2.46 bits per heavy atom. The molecular weight excluding hydrogens is 380 g/mol. The maximum atomic E-state index is 11.4. The number of aldehydes is 1. The molecule has 0 radical (unpaired) electrons. The lowest BCUT2D eigenvalue weighted by atomic mass is 10.0. The lowest BCUT2D eigenvalue weighted by Crippen LogP contribution is -2.03. The van der Waals surface area contributed by atoms with Crippen LogP contribution in [0.3, 0.4) is 0 Å². The van der Waals surface area contributed by atoms with E-state index >= 15 is 0 Å². The molecule has 0 aliphatic carbocycles. The van der Waals surface area contributed by atoms with Crippen molar-refractivity contribution in [1.82, 2.24) is 0 Å². The number of benzene rings is 2. The maximum absolute atomic E-state index is 11.4. The standard InChI is InChI=1S/C21H26O6S/c1-3-4-12-27-19-14-17(15-22)8-10-18(19)7-5-6-16-9-11-21(28(23,24)25)20(13-16)26-2/h8-11,13-15H,3-7,12H2,1-2H3,(H,23,24,25). The van der Waals surface area contributed by atoms with Gasteiger partial charge in [0, 0.05) is 5.56 Å². The number of methoxy groups -OCH3 is 1. The van der Waals surface area contributed by atoms with Crippen molar-refractivity contribution in [3.63, 3.8) is 0 Å². The van der Waals surface area contributed by atoms with Crippen LogP contribution in [0, 0.1) is 0 Å². The van der Waals surface area contributed by atoms with Crippen LogP contribution in [0.25, 0.3) is 0 Å². The van der Waals surface area contributed by atoms with E-state index in [1.54, 1.807) is 24.3 Å². The van der Waals surface area contributed by atoms with E-state index in [1.807, 2.05) is 6.07 Å². The van der Waals surface area contributed by atoms with Gasteiger partial charge < -0.3 is 9.47 Å². The van der Waals surface area contributed by atoms with Gasteiger partial charge in [0.1, 0.15) is 22.7 Å². The molecule has 0 saturated carbocycles. The fourth-order valence-electron chi connectivity index (χ4n) is 2.88. The van der Waals surface area contributed by atoms with Crippen LogP contribution in [0.15, 0.2) is 41.3 Å². The highest BCUT2D eigenvalue weighted by molar-refractivity contribution is 7.86. The van der Waals surface area contributed by atoms with E-state index in [0.717, 1.165) is 48.8 Å². The van der Waals surface area contributed by atoms with Crippen LogP contribution >= 0.6 is 0 Å². The van der Waals surface area contributed by atoms with Crippen LogP contribution in [-0.4, -0.2) is 33.0 Å². The molecule has 7 heteroatoms. The van der Waals surface area contributed by atoms with Gasteiger partial charge in [-0.1, -0.05) is 31.5 Å². The molecule has 6 nitrogen and oxygen atoms in total. The van der Waals surface area contributed by atoms with Crippen molar-refractivity contribution in [2.24, 2.45) is 0 Å². The number of carbonyl (C=O) groups is 1. The Hall–Kier alpha value is -2.38. The van der Waals surface area contributed by atoms with Gasteiger partial charge in [-0.05, 0) is 55.0 Å². The third-order valence-electron chi connectivity index (χ3n) is 4.40. The second-order valence-electron chi connectivity index (χ2n) is 6.50. The van der Waals surface area contributed by atoms with Crippen molar-refractivity contribution >= 4 is 16.4 Å². The summed E-state index contributed by atoms with van der Waals surface area (Å²) in [5.74, 6) is 0.858. The maximum Gasteiger partial charge on any atom is 0.298 e. The van der Waals surface area contributed by atoms with Gasteiger partial charge in [-0.15, -0.1) is 0 Å². The van der Waals surface area contributed by atoms with Gasteiger partial charge in [0.05, 0.1) is 13.7 Å². The van der Waals surface area contributed by atoms with E-state index in [1.165, 1.54) is 13.2 Å². The summed E-state index contributed by atoms with van der Waals surface area (Å²) in [5, 5.41) is 0. The van der Waals surface area contributed by atoms with Crippen LogP contribution in [0.5, 0.6) is 11.5 Å². The summed E-state index contributed by atoms with van der Waals surface area (Å²) in [5.41, 5.74) is 2.52. The summed E-state index contributed by atoms with van der Waals surface area (Å²) in [7, 11) is -2.96. The average molecular weight is 407 g/mol. The molecule has 0 heterocycles. The molecule has 0 unspecified atom stereocenters. The van der Waals surface area contributed by atoms with Crippen molar-refractivity contribution < 1.29 is 27.2 Å². The summed E-state index contributed by atoms with van der Waals surface area (Å²) in [6.07, 6.45) is 5.04. The number of hydrogen-bond donors (Lipinski definition) is 1. The lowest BCUT2D eigenvalue weighted by molar-refractivity contribution is 0.112. The Bertz CT molecular complexity index is 905. The zero-order valence-corrected chi connectivity index (χ0v) is 17.0. The summed E-state index contributed by atoms with van der Waals surface area (Å²) >= 11 is 0. The molecule has 1 N–H and O–H groups in total. The Morgan fingerprint density at radius 1 is 1.04 bits per heavy atom. The van der Waals surface area contributed by atoms with Crippen LogP contribution < -0.4 is 9.47 Å². The molecule has 2 rings (SSSR count). The van der Waals surface area contributed by atoms with Crippen molar-refractivity contribution in [3.8, 4) is 11.5 Å². The minimum atomic E-state index is -4.32. The van der Waals surface area contributed by atoms with E-state index in [0.29, 0.717) is 18.6 Å². The topological polar surface area (TPSA) is 89.9 Å². The number of ether oxygens (including phenoxy) is 2. The number of aryl methyl sites for hydroxylation is 2. The molecular formula is C21H26O6S. The van der Waals surface area contributed by atoms with E-state index in [4.69, 9.17) is 9.47 Å². The molecule has 2 aromatic rings. The van der Waals surface area contributed by atoms with Crippen molar-refractivity contribution in [2.75, 3.05) is 13.7 Å². The Balaban J connectivity index is 2.07. The summed E-state index contributed by atoms with van der Waals surface area (Å²) < 4.78 is 42.9. The summed E-state index contributed by atoms with van der Waals surface area (Å²) in [4.78, 5) is 10.8. The predicted molar refractivity (Wildman–Crippen MR) is 107 cm³/mol. The quantitative estimate of drug-likeness (QED) is 0.343. The smallest absolute Gasteiger partial charge is 0.298 e. The molecule has 0 bridgehead atoms.